The average Bonchev–Trinajstić information content (AvgIpc) is 2.49. The standard InChI is InChI=1S/C15H13N3O2/c1-2-20-13-5-3-12(4-6-13)18-15(19)14-10-17-8-7-11(14)9-16/h3-8,10H,2H2,1H3,(H,18,19). The first kappa shape index (κ1) is 13.6. The normalized spacial score (nSPS) is 9.60. The molecule has 0 aliphatic carbocycles. The highest BCUT2D eigenvalue weighted by Gasteiger charge is 2.11. The molecule has 1 aromatic heterocycles. The Labute approximate surface area is 116 Å². The largest absolute Gasteiger partial charge is 0.494 e. The van der Waals surface area contributed by atoms with Gasteiger partial charge in [-0.05, 0) is 37.3 Å². The van der Waals surface area contributed by atoms with Gasteiger partial charge in [0.2, 0.25) is 0 Å². The summed E-state index contributed by atoms with van der Waals surface area (Å²) < 4.78 is 5.32. The molecule has 0 saturated carbocycles. The third kappa shape index (κ3) is 3.12. The fraction of sp³-hybridized carbons (Fsp3) is 0.133. The number of nitriles is 1. The monoisotopic (exact) mass is 267 g/mol. The van der Waals surface area contributed by atoms with Crippen LogP contribution in [0.5, 0.6) is 5.75 Å². The number of amides is 1. The topological polar surface area (TPSA) is 75.0 Å². The van der Waals surface area contributed by atoms with Gasteiger partial charge in [-0.1, -0.05) is 0 Å². The highest BCUT2D eigenvalue weighted by molar-refractivity contribution is 6.05. The summed E-state index contributed by atoms with van der Waals surface area (Å²) in [5, 5.41) is 11.7. The van der Waals surface area contributed by atoms with Crippen molar-refractivity contribution in [1.29, 1.82) is 5.26 Å². The summed E-state index contributed by atoms with van der Waals surface area (Å²) in [6.45, 7) is 2.49. The number of hydrogen-bond donors (Lipinski definition) is 1. The van der Waals surface area contributed by atoms with Crippen molar-refractivity contribution in [1.82, 2.24) is 4.98 Å². The molecule has 0 aliphatic heterocycles. The number of nitrogens with zero attached hydrogens (tertiary/aromatic N) is 2. The second-order valence-corrected chi connectivity index (χ2v) is 3.94. The van der Waals surface area contributed by atoms with E-state index in [0.717, 1.165) is 5.75 Å². The number of carbonyl (C=O) groups is 1. The number of rotatable bonds is 4. The summed E-state index contributed by atoms with van der Waals surface area (Å²) in [6, 6.07) is 10.5. The lowest BCUT2D eigenvalue weighted by Gasteiger charge is -2.07. The van der Waals surface area contributed by atoms with Crippen LogP contribution >= 0.6 is 0 Å². The molecule has 20 heavy (non-hydrogen) atoms. The van der Waals surface area contributed by atoms with Crippen LogP contribution < -0.4 is 10.1 Å². The molecular formula is C15H13N3O2. The first-order valence-electron chi connectivity index (χ1n) is 6.13. The van der Waals surface area contributed by atoms with Gasteiger partial charge in [0.15, 0.2) is 0 Å². The molecule has 0 saturated heterocycles. The third-order valence-electron chi connectivity index (χ3n) is 2.61. The van der Waals surface area contributed by atoms with Crippen molar-refractivity contribution in [3.8, 4) is 11.8 Å². The predicted octanol–water partition coefficient (Wildman–Crippen LogP) is 2.60. The lowest BCUT2D eigenvalue weighted by molar-refractivity contribution is 0.102. The van der Waals surface area contributed by atoms with E-state index in [0.29, 0.717) is 17.9 Å². The van der Waals surface area contributed by atoms with Gasteiger partial charge in [-0.3, -0.25) is 9.78 Å². The zero-order valence-corrected chi connectivity index (χ0v) is 11.0. The minimum absolute atomic E-state index is 0.254. The maximum Gasteiger partial charge on any atom is 0.258 e. The van der Waals surface area contributed by atoms with Gasteiger partial charge in [0.25, 0.3) is 5.91 Å². The number of benzene rings is 1. The molecule has 2 rings (SSSR count). The molecule has 1 heterocycles. The Kier molecular flexibility index (Phi) is 4.30. The summed E-state index contributed by atoms with van der Waals surface area (Å²) >= 11 is 0. The Morgan fingerprint density at radius 3 is 2.75 bits per heavy atom. The Bertz CT molecular complexity index is 645. The average molecular weight is 267 g/mol. The molecule has 5 nitrogen and oxygen atoms in total. The van der Waals surface area contributed by atoms with Crippen molar-refractivity contribution in [3.63, 3.8) is 0 Å². The first-order chi connectivity index (χ1) is 9.74. The molecule has 0 radical (unpaired) electrons. The zero-order valence-electron chi connectivity index (χ0n) is 11.0. The van der Waals surface area contributed by atoms with E-state index in [1.165, 1.54) is 18.5 Å². The van der Waals surface area contributed by atoms with Gasteiger partial charge in [0.1, 0.15) is 11.8 Å². The molecule has 1 aromatic carbocycles. The molecule has 0 unspecified atom stereocenters. The van der Waals surface area contributed by atoms with E-state index in [2.05, 4.69) is 10.3 Å². The molecule has 0 aliphatic rings. The van der Waals surface area contributed by atoms with Crippen LogP contribution in [-0.4, -0.2) is 17.5 Å². The Morgan fingerprint density at radius 2 is 2.10 bits per heavy atom. The predicted molar refractivity (Wildman–Crippen MR) is 74.5 cm³/mol. The van der Waals surface area contributed by atoms with E-state index >= 15 is 0 Å². The summed E-state index contributed by atoms with van der Waals surface area (Å²) in [7, 11) is 0. The van der Waals surface area contributed by atoms with Crippen molar-refractivity contribution < 1.29 is 9.53 Å². The highest BCUT2D eigenvalue weighted by Crippen LogP contribution is 2.17. The van der Waals surface area contributed by atoms with Crippen LogP contribution in [0.4, 0.5) is 5.69 Å². The van der Waals surface area contributed by atoms with Crippen molar-refractivity contribution in [2.45, 2.75) is 6.92 Å². The van der Waals surface area contributed by atoms with Crippen molar-refractivity contribution in [3.05, 3.63) is 53.9 Å². The van der Waals surface area contributed by atoms with Crippen LogP contribution in [0.25, 0.3) is 0 Å². The highest BCUT2D eigenvalue weighted by atomic mass is 16.5. The van der Waals surface area contributed by atoms with E-state index in [4.69, 9.17) is 10.00 Å². The first-order valence-corrected chi connectivity index (χ1v) is 6.13. The fourth-order valence-corrected chi connectivity index (χ4v) is 1.67. The van der Waals surface area contributed by atoms with Gasteiger partial charge in [0, 0.05) is 18.1 Å². The minimum atomic E-state index is -0.362. The maximum absolute atomic E-state index is 12.1. The summed E-state index contributed by atoms with van der Waals surface area (Å²) in [4.78, 5) is 15.9. The molecule has 1 N–H and O–H groups in total. The Balaban J connectivity index is 2.13. The van der Waals surface area contributed by atoms with E-state index in [-0.39, 0.29) is 11.5 Å². The number of ether oxygens (including phenoxy) is 1. The molecule has 0 spiro atoms. The van der Waals surface area contributed by atoms with Gasteiger partial charge >= 0.3 is 0 Å². The number of aromatic nitrogens is 1. The molecule has 2 aromatic rings. The maximum atomic E-state index is 12.1. The Hall–Kier alpha value is -2.87. The summed E-state index contributed by atoms with van der Waals surface area (Å²) in [5.74, 6) is 0.378. The second kappa shape index (κ2) is 6.34. The summed E-state index contributed by atoms with van der Waals surface area (Å²) in [6.07, 6.45) is 2.86. The molecule has 100 valence electrons. The fourth-order valence-electron chi connectivity index (χ4n) is 1.67. The quantitative estimate of drug-likeness (QED) is 0.923. The molecule has 0 bridgehead atoms. The van der Waals surface area contributed by atoms with Gasteiger partial charge in [-0.15, -0.1) is 0 Å². The van der Waals surface area contributed by atoms with E-state index in [9.17, 15) is 4.79 Å². The molecular weight excluding hydrogens is 254 g/mol. The smallest absolute Gasteiger partial charge is 0.258 e. The lowest BCUT2D eigenvalue weighted by atomic mass is 10.1. The van der Waals surface area contributed by atoms with Crippen LogP contribution in [-0.2, 0) is 0 Å². The van der Waals surface area contributed by atoms with Gasteiger partial charge in [-0.25, -0.2) is 0 Å². The number of carbonyl (C=O) groups excluding carboxylic acids is 1. The SMILES string of the molecule is CCOc1ccc(NC(=O)c2cnccc2C#N)cc1. The van der Waals surface area contributed by atoms with Crippen molar-refractivity contribution in [2.24, 2.45) is 0 Å². The molecule has 1 amide bonds. The van der Waals surface area contributed by atoms with Gasteiger partial charge < -0.3 is 10.1 Å². The van der Waals surface area contributed by atoms with Crippen LogP contribution in [0, 0.1) is 11.3 Å². The van der Waals surface area contributed by atoms with E-state index < -0.39 is 0 Å². The van der Waals surface area contributed by atoms with Crippen molar-refractivity contribution in [2.75, 3.05) is 11.9 Å². The number of hydrogen-bond acceptors (Lipinski definition) is 4. The third-order valence-corrected chi connectivity index (χ3v) is 2.61. The van der Waals surface area contributed by atoms with Crippen LogP contribution in [0.2, 0.25) is 0 Å². The Morgan fingerprint density at radius 1 is 1.35 bits per heavy atom. The molecule has 0 fully saturated rings. The van der Waals surface area contributed by atoms with Crippen molar-refractivity contribution >= 4 is 11.6 Å². The number of pyridine rings is 1. The number of nitrogens with one attached hydrogen (secondary N) is 1. The van der Waals surface area contributed by atoms with Gasteiger partial charge in [0.05, 0.1) is 17.7 Å². The minimum Gasteiger partial charge on any atom is -0.494 e. The van der Waals surface area contributed by atoms with Crippen LogP contribution in [0.1, 0.15) is 22.8 Å². The van der Waals surface area contributed by atoms with E-state index in [1.807, 2.05) is 13.0 Å². The lowest BCUT2D eigenvalue weighted by Crippen LogP contribution is -2.13. The summed E-state index contributed by atoms with van der Waals surface area (Å²) in [5.41, 5.74) is 1.18. The number of anilines is 1. The van der Waals surface area contributed by atoms with E-state index in [1.54, 1.807) is 24.3 Å². The molecule has 5 heteroatoms. The van der Waals surface area contributed by atoms with Gasteiger partial charge in [-0.2, -0.15) is 5.26 Å². The second-order valence-electron chi connectivity index (χ2n) is 3.94. The van der Waals surface area contributed by atoms with Crippen LogP contribution in [0.3, 0.4) is 0 Å². The van der Waals surface area contributed by atoms with Crippen LogP contribution in [0.15, 0.2) is 42.7 Å². The molecule has 0 atom stereocenters. The zero-order chi connectivity index (χ0) is 14.4.